The van der Waals surface area contributed by atoms with Crippen LogP contribution in [-0.2, 0) is 17.7 Å². The van der Waals surface area contributed by atoms with Gasteiger partial charge in [0, 0.05) is 48.0 Å². The number of benzene rings is 2. The first kappa shape index (κ1) is 16.6. The minimum Gasteiger partial charge on any atom is -0.398 e. The Bertz CT molecular complexity index is 999. The zero-order valence-electron chi connectivity index (χ0n) is 15.1. The van der Waals surface area contributed by atoms with Gasteiger partial charge in [0.2, 0.25) is 0 Å². The zero-order valence-corrected chi connectivity index (χ0v) is 15.1. The Morgan fingerprint density at radius 3 is 3.04 bits per heavy atom. The Balaban J connectivity index is 1.54. The number of nitrogens with zero attached hydrogens (tertiary/aromatic N) is 1. The van der Waals surface area contributed by atoms with Crippen LogP contribution in [-0.4, -0.2) is 31.2 Å². The third kappa shape index (κ3) is 2.76. The van der Waals surface area contributed by atoms with Gasteiger partial charge in [-0.25, -0.2) is 4.39 Å². The van der Waals surface area contributed by atoms with Crippen LogP contribution in [0.5, 0.6) is 0 Å². The molecule has 1 atom stereocenters. The summed E-state index contributed by atoms with van der Waals surface area (Å²) in [6.45, 7) is 3.60. The van der Waals surface area contributed by atoms with Crippen LogP contribution in [0.15, 0.2) is 36.5 Å². The van der Waals surface area contributed by atoms with Crippen LogP contribution in [0.2, 0.25) is 0 Å². The molecule has 3 heterocycles. The number of rotatable bonds is 2. The molecule has 2 aliphatic heterocycles. The molecule has 0 amide bonds. The zero-order chi connectivity index (χ0) is 18.4. The fourth-order valence-electron chi connectivity index (χ4n) is 4.44. The van der Waals surface area contributed by atoms with Crippen LogP contribution >= 0.6 is 0 Å². The fraction of sp³-hybridized carbons (Fsp3) is 0.333. The Morgan fingerprint density at radius 1 is 1.19 bits per heavy atom. The van der Waals surface area contributed by atoms with Crippen LogP contribution in [0, 0.1) is 5.82 Å². The molecule has 27 heavy (non-hydrogen) atoms. The Hall–Kier alpha value is -2.57. The summed E-state index contributed by atoms with van der Waals surface area (Å²) in [5.74, 6) is -0.199. The number of halogens is 1. The Morgan fingerprint density at radius 2 is 2.11 bits per heavy atom. The van der Waals surface area contributed by atoms with E-state index in [1.165, 1.54) is 17.2 Å². The number of ether oxygens (including phenoxy) is 1. The third-order valence-electron chi connectivity index (χ3n) is 5.72. The van der Waals surface area contributed by atoms with E-state index >= 15 is 0 Å². The standard InChI is InChI=1S/C21H23FN4O/c22-16-2-4-18-15(6-8-25-18)21(16)26-9-10-27-19(12-26)20-14-5-7-24-11-13(14)1-3-17(20)23/h1-4,6,8,19,24-25H,5,7,9-12,23H2. The number of nitrogens with one attached hydrogen (secondary N) is 2. The second-order valence-corrected chi connectivity index (χ2v) is 7.27. The molecule has 4 N–H and O–H groups in total. The maximum absolute atomic E-state index is 14.7. The lowest BCUT2D eigenvalue weighted by molar-refractivity contribution is 0.0395. The number of nitrogen functional groups attached to an aromatic ring is 1. The summed E-state index contributed by atoms with van der Waals surface area (Å²) in [6, 6.07) is 9.31. The van der Waals surface area contributed by atoms with Gasteiger partial charge >= 0.3 is 0 Å². The number of aromatic amines is 1. The van der Waals surface area contributed by atoms with Gasteiger partial charge in [0.25, 0.3) is 0 Å². The molecule has 0 spiro atoms. The molecule has 5 nitrogen and oxygen atoms in total. The highest BCUT2D eigenvalue weighted by molar-refractivity contribution is 5.92. The lowest BCUT2D eigenvalue weighted by atomic mass is 9.90. The number of nitrogens with two attached hydrogens (primary N) is 1. The molecular weight excluding hydrogens is 343 g/mol. The molecule has 6 heteroatoms. The van der Waals surface area contributed by atoms with Gasteiger partial charge in [-0.1, -0.05) is 6.07 Å². The number of aromatic nitrogens is 1. The van der Waals surface area contributed by atoms with Crippen LogP contribution in [0.4, 0.5) is 15.8 Å². The molecule has 1 saturated heterocycles. The van der Waals surface area contributed by atoms with Crippen molar-refractivity contribution in [2.45, 2.75) is 19.1 Å². The summed E-state index contributed by atoms with van der Waals surface area (Å²) in [5.41, 5.74) is 12.4. The van der Waals surface area contributed by atoms with Crippen molar-refractivity contribution in [2.24, 2.45) is 0 Å². The van der Waals surface area contributed by atoms with Crippen molar-refractivity contribution >= 4 is 22.3 Å². The number of hydrogen-bond acceptors (Lipinski definition) is 4. The van der Waals surface area contributed by atoms with Crippen molar-refractivity contribution < 1.29 is 9.13 Å². The van der Waals surface area contributed by atoms with E-state index in [2.05, 4.69) is 21.3 Å². The van der Waals surface area contributed by atoms with E-state index in [0.717, 1.165) is 41.7 Å². The van der Waals surface area contributed by atoms with Crippen LogP contribution in [0.1, 0.15) is 22.8 Å². The van der Waals surface area contributed by atoms with Gasteiger partial charge in [-0.2, -0.15) is 0 Å². The fourth-order valence-corrected chi connectivity index (χ4v) is 4.44. The molecule has 1 aromatic heterocycles. The summed E-state index contributed by atoms with van der Waals surface area (Å²) in [5, 5.41) is 4.31. The number of H-pyrrole nitrogens is 1. The van der Waals surface area contributed by atoms with E-state index in [0.29, 0.717) is 25.4 Å². The summed E-state index contributed by atoms with van der Waals surface area (Å²) in [7, 11) is 0. The number of fused-ring (bicyclic) bond motifs is 2. The van der Waals surface area contributed by atoms with Crippen LogP contribution in [0.3, 0.4) is 0 Å². The minimum absolute atomic E-state index is 0.152. The lowest BCUT2D eigenvalue weighted by Gasteiger charge is -2.37. The predicted octanol–water partition coefficient (Wildman–Crippen LogP) is 3.11. The monoisotopic (exact) mass is 366 g/mol. The minimum atomic E-state index is -0.199. The van der Waals surface area contributed by atoms with Crippen molar-refractivity contribution in [2.75, 3.05) is 36.9 Å². The number of morpholine rings is 1. The van der Waals surface area contributed by atoms with Gasteiger partial charge in [-0.3, -0.25) is 0 Å². The molecule has 0 saturated carbocycles. The maximum atomic E-state index is 14.7. The van der Waals surface area contributed by atoms with Crippen LogP contribution in [0.25, 0.3) is 10.9 Å². The summed E-state index contributed by atoms with van der Waals surface area (Å²) in [6.07, 6.45) is 2.64. The molecule has 2 aliphatic rings. The second kappa shape index (κ2) is 6.55. The molecule has 2 aromatic carbocycles. The first-order valence-corrected chi connectivity index (χ1v) is 9.45. The highest BCUT2D eigenvalue weighted by Gasteiger charge is 2.29. The maximum Gasteiger partial charge on any atom is 0.147 e. The van der Waals surface area contributed by atoms with Crippen molar-refractivity contribution in [3.63, 3.8) is 0 Å². The van der Waals surface area contributed by atoms with E-state index in [1.807, 2.05) is 18.3 Å². The van der Waals surface area contributed by atoms with Crippen molar-refractivity contribution in [3.05, 3.63) is 59.0 Å². The number of hydrogen-bond donors (Lipinski definition) is 3. The van der Waals surface area contributed by atoms with Crippen molar-refractivity contribution in [3.8, 4) is 0 Å². The molecule has 140 valence electrons. The second-order valence-electron chi connectivity index (χ2n) is 7.27. The van der Waals surface area contributed by atoms with E-state index < -0.39 is 0 Å². The molecule has 1 fully saturated rings. The van der Waals surface area contributed by atoms with E-state index in [1.54, 1.807) is 6.07 Å². The summed E-state index contributed by atoms with van der Waals surface area (Å²) in [4.78, 5) is 5.26. The predicted molar refractivity (Wildman–Crippen MR) is 105 cm³/mol. The topological polar surface area (TPSA) is 66.3 Å². The average molecular weight is 366 g/mol. The highest BCUT2D eigenvalue weighted by Crippen LogP contribution is 2.37. The van der Waals surface area contributed by atoms with Gasteiger partial charge in [0.05, 0.1) is 12.3 Å². The van der Waals surface area contributed by atoms with E-state index in [9.17, 15) is 4.39 Å². The van der Waals surface area contributed by atoms with Gasteiger partial charge in [-0.05, 0) is 48.4 Å². The highest BCUT2D eigenvalue weighted by atomic mass is 19.1. The Kier molecular flexibility index (Phi) is 4.02. The van der Waals surface area contributed by atoms with Gasteiger partial charge in [-0.15, -0.1) is 0 Å². The van der Waals surface area contributed by atoms with Gasteiger partial charge in [0.1, 0.15) is 11.9 Å². The molecular formula is C21H23FN4O. The first-order valence-electron chi connectivity index (χ1n) is 9.45. The van der Waals surface area contributed by atoms with Gasteiger partial charge in [0.15, 0.2) is 0 Å². The van der Waals surface area contributed by atoms with Crippen molar-refractivity contribution in [1.82, 2.24) is 10.3 Å². The van der Waals surface area contributed by atoms with E-state index in [4.69, 9.17) is 10.5 Å². The largest absolute Gasteiger partial charge is 0.398 e. The Labute approximate surface area is 157 Å². The molecule has 0 aliphatic carbocycles. The van der Waals surface area contributed by atoms with Crippen LogP contribution < -0.4 is 16.0 Å². The molecule has 1 unspecified atom stereocenters. The van der Waals surface area contributed by atoms with Crippen molar-refractivity contribution in [1.29, 1.82) is 0 Å². The normalized spacial score (nSPS) is 20.0. The summed E-state index contributed by atoms with van der Waals surface area (Å²) >= 11 is 0. The van der Waals surface area contributed by atoms with E-state index in [-0.39, 0.29) is 11.9 Å². The average Bonchev–Trinajstić information content (AvgIpc) is 3.16. The third-order valence-corrected chi connectivity index (χ3v) is 5.72. The molecule has 5 rings (SSSR count). The SMILES string of the molecule is Nc1ccc2c(c1C1CN(c3c(F)ccc4[nH]ccc34)CCO1)CCNC2. The summed E-state index contributed by atoms with van der Waals surface area (Å²) < 4.78 is 20.9. The van der Waals surface area contributed by atoms with Gasteiger partial charge < -0.3 is 25.7 Å². The molecule has 3 aromatic rings. The smallest absolute Gasteiger partial charge is 0.147 e. The quantitative estimate of drug-likeness (QED) is 0.610. The lowest BCUT2D eigenvalue weighted by Crippen LogP contribution is -2.40. The first-order chi connectivity index (χ1) is 13.2. The number of anilines is 2. The molecule has 0 radical (unpaired) electrons. The molecule has 0 bridgehead atoms.